The summed E-state index contributed by atoms with van der Waals surface area (Å²) in [7, 11) is -3.18. The Bertz CT molecular complexity index is 647. The molecule has 1 heterocycles. The van der Waals surface area contributed by atoms with E-state index in [0.29, 0.717) is 25.9 Å². The highest BCUT2D eigenvalue weighted by molar-refractivity contribution is 7.88. The first-order valence-corrected chi connectivity index (χ1v) is 10.5. The van der Waals surface area contributed by atoms with Gasteiger partial charge in [-0.25, -0.2) is 12.7 Å². The number of benzene rings is 1. The highest BCUT2D eigenvalue weighted by Crippen LogP contribution is 2.35. The van der Waals surface area contributed by atoms with E-state index in [1.54, 1.807) is 6.07 Å². The molecule has 0 aliphatic carbocycles. The lowest BCUT2D eigenvalue weighted by atomic mass is 9.88. The standard InChI is InChI=1S/C14H18F3NO2S.C4H10/c1-10-9-12(3-4-13(10)14(15,16)17)11-5-7-18(8-6-11)21(2,19)20;1-3-4-2/h3-4,9,11H,5-8H2,1-2H3;3-4H2,1-2H3. The summed E-state index contributed by atoms with van der Waals surface area (Å²) in [5, 5.41) is 0. The van der Waals surface area contributed by atoms with Crippen LogP contribution in [0, 0.1) is 6.92 Å². The quantitative estimate of drug-likeness (QED) is 0.744. The zero-order valence-electron chi connectivity index (χ0n) is 15.4. The Morgan fingerprint density at radius 2 is 1.64 bits per heavy atom. The summed E-state index contributed by atoms with van der Waals surface area (Å²) < 4.78 is 62.5. The summed E-state index contributed by atoms with van der Waals surface area (Å²) in [6.45, 7) is 6.66. The fraction of sp³-hybridized carbons (Fsp3) is 0.667. The van der Waals surface area contributed by atoms with Crippen LogP contribution in [0.25, 0.3) is 0 Å². The molecule has 25 heavy (non-hydrogen) atoms. The van der Waals surface area contributed by atoms with Gasteiger partial charge in [0.2, 0.25) is 10.0 Å². The van der Waals surface area contributed by atoms with E-state index in [-0.39, 0.29) is 11.5 Å². The molecule has 7 heteroatoms. The molecule has 0 bridgehead atoms. The second-order valence-corrected chi connectivity index (χ2v) is 8.49. The van der Waals surface area contributed by atoms with Crippen LogP contribution in [-0.2, 0) is 16.2 Å². The maximum Gasteiger partial charge on any atom is 0.416 e. The number of aryl methyl sites for hydroxylation is 1. The Labute approximate surface area is 149 Å². The molecule has 1 aromatic rings. The monoisotopic (exact) mass is 379 g/mol. The van der Waals surface area contributed by atoms with E-state index in [1.165, 1.54) is 36.4 Å². The Balaban J connectivity index is 0.000000705. The molecule has 0 radical (unpaired) electrons. The lowest BCUT2D eigenvalue weighted by Gasteiger charge is -2.30. The molecule has 144 valence electrons. The van der Waals surface area contributed by atoms with Crippen molar-refractivity contribution in [3.8, 4) is 0 Å². The second-order valence-electron chi connectivity index (χ2n) is 6.51. The van der Waals surface area contributed by atoms with Crippen molar-refractivity contribution in [1.82, 2.24) is 4.31 Å². The van der Waals surface area contributed by atoms with Gasteiger partial charge < -0.3 is 0 Å². The van der Waals surface area contributed by atoms with Gasteiger partial charge in [0.25, 0.3) is 0 Å². The zero-order valence-corrected chi connectivity index (χ0v) is 16.2. The molecule has 0 spiro atoms. The third-order valence-electron chi connectivity index (χ3n) is 4.45. The molecule has 0 saturated carbocycles. The van der Waals surface area contributed by atoms with Crippen LogP contribution in [0.5, 0.6) is 0 Å². The van der Waals surface area contributed by atoms with Crippen molar-refractivity contribution >= 4 is 10.0 Å². The first-order chi connectivity index (χ1) is 11.5. The van der Waals surface area contributed by atoms with E-state index >= 15 is 0 Å². The van der Waals surface area contributed by atoms with Crippen molar-refractivity contribution in [1.29, 1.82) is 0 Å². The van der Waals surface area contributed by atoms with Crippen LogP contribution in [0.15, 0.2) is 18.2 Å². The number of sulfonamides is 1. The van der Waals surface area contributed by atoms with Crippen LogP contribution >= 0.6 is 0 Å². The summed E-state index contributed by atoms with van der Waals surface area (Å²) in [5.41, 5.74) is 0.457. The fourth-order valence-corrected chi connectivity index (χ4v) is 3.65. The average molecular weight is 379 g/mol. The van der Waals surface area contributed by atoms with E-state index in [0.717, 1.165) is 11.6 Å². The van der Waals surface area contributed by atoms with Crippen LogP contribution in [0.1, 0.15) is 62.1 Å². The molecule has 3 nitrogen and oxygen atoms in total. The number of halogens is 3. The minimum atomic E-state index is -4.33. The van der Waals surface area contributed by atoms with E-state index in [4.69, 9.17) is 0 Å². The summed E-state index contributed by atoms with van der Waals surface area (Å²) in [6.07, 6.45) is 0.758. The van der Waals surface area contributed by atoms with Gasteiger partial charge in [0.1, 0.15) is 0 Å². The molecule has 0 amide bonds. The molecule has 0 atom stereocenters. The molecule has 0 N–H and O–H groups in total. The van der Waals surface area contributed by atoms with Crippen LogP contribution in [0.3, 0.4) is 0 Å². The summed E-state index contributed by atoms with van der Waals surface area (Å²) in [4.78, 5) is 0. The van der Waals surface area contributed by atoms with Crippen molar-refractivity contribution in [2.45, 2.75) is 58.5 Å². The van der Waals surface area contributed by atoms with Gasteiger partial charge >= 0.3 is 6.18 Å². The van der Waals surface area contributed by atoms with Crippen LogP contribution in [0.4, 0.5) is 13.2 Å². The van der Waals surface area contributed by atoms with Crippen molar-refractivity contribution in [2.75, 3.05) is 19.3 Å². The summed E-state index contributed by atoms with van der Waals surface area (Å²) in [6, 6.07) is 4.20. The topological polar surface area (TPSA) is 37.4 Å². The molecule has 0 unspecified atom stereocenters. The maximum atomic E-state index is 12.7. The van der Waals surface area contributed by atoms with E-state index in [2.05, 4.69) is 13.8 Å². The molecular formula is C18H28F3NO2S. The number of piperidine rings is 1. The highest BCUT2D eigenvalue weighted by Gasteiger charge is 2.33. The number of rotatable bonds is 3. The molecule has 1 aromatic carbocycles. The second kappa shape index (κ2) is 9.03. The molecule has 1 aliphatic heterocycles. The van der Waals surface area contributed by atoms with E-state index in [1.807, 2.05) is 0 Å². The lowest BCUT2D eigenvalue weighted by molar-refractivity contribution is -0.138. The predicted octanol–water partition coefficient (Wildman–Crippen LogP) is 4.96. The molecule has 1 aliphatic rings. The van der Waals surface area contributed by atoms with Gasteiger partial charge in [-0.05, 0) is 42.9 Å². The van der Waals surface area contributed by atoms with Crippen LogP contribution in [0.2, 0.25) is 0 Å². The van der Waals surface area contributed by atoms with Gasteiger partial charge in [-0.2, -0.15) is 13.2 Å². The third kappa shape index (κ3) is 6.62. The number of hydrogen-bond acceptors (Lipinski definition) is 2. The maximum absolute atomic E-state index is 12.7. The SMILES string of the molecule is CCCC.Cc1cc(C2CCN(S(C)(=O)=O)CC2)ccc1C(F)(F)F. The van der Waals surface area contributed by atoms with E-state index < -0.39 is 21.8 Å². The minimum Gasteiger partial charge on any atom is -0.213 e. The number of nitrogens with zero attached hydrogens (tertiary/aromatic N) is 1. The predicted molar refractivity (Wildman–Crippen MR) is 95.2 cm³/mol. The van der Waals surface area contributed by atoms with Crippen molar-refractivity contribution < 1.29 is 21.6 Å². The lowest BCUT2D eigenvalue weighted by Crippen LogP contribution is -2.37. The van der Waals surface area contributed by atoms with Crippen LogP contribution < -0.4 is 0 Å². The normalized spacial score (nSPS) is 17.1. The Hall–Kier alpha value is -1.08. The summed E-state index contributed by atoms with van der Waals surface area (Å²) >= 11 is 0. The van der Waals surface area contributed by atoms with Gasteiger partial charge in [-0.1, -0.05) is 38.8 Å². The highest BCUT2D eigenvalue weighted by atomic mass is 32.2. The number of unbranched alkanes of at least 4 members (excludes halogenated alkanes) is 1. The summed E-state index contributed by atoms with van der Waals surface area (Å²) in [5.74, 6) is 0.115. The largest absolute Gasteiger partial charge is 0.416 e. The molecule has 1 fully saturated rings. The van der Waals surface area contributed by atoms with Gasteiger partial charge in [0.15, 0.2) is 0 Å². The van der Waals surface area contributed by atoms with Gasteiger partial charge in [-0.15, -0.1) is 0 Å². The first kappa shape index (κ1) is 22.0. The van der Waals surface area contributed by atoms with Crippen molar-refractivity contribution in [3.05, 3.63) is 34.9 Å². The number of alkyl halides is 3. The Morgan fingerprint density at radius 3 is 2.00 bits per heavy atom. The zero-order chi connectivity index (χ0) is 19.3. The van der Waals surface area contributed by atoms with Gasteiger partial charge in [0, 0.05) is 13.1 Å². The van der Waals surface area contributed by atoms with Crippen molar-refractivity contribution in [2.24, 2.45) is 0 Å². The Kier molecular flexibility index (Phi) is 7.93. The van der Waals surface area contributed by atoms with Crippen molar-refractivity contribution in [3.63, 3.8) is 0 Å². The minimum absolute atomic E-state index is 0.115. The fourth-order valence-electron chi connectivity index (χ4n) is 2.78. The molecule has 1 saturated heterocycles. The van der Waals surface area contributed by atoms with Gasteiger partial charge in [-0.3, -0.25) is 0 Å². The van der Waals surface area contributed by atoms with E-state index in [9.17, 15) is 21.6 Å². The molecular weight excluding hydrogens is 351 g/mol. The third-order valence-corrected chi connectivity index (χ3v) is 5.75. The number of hydrogen-bond donors (Lipinski definition) is 0. The molecule has 2 rings (SSSR count). The Morgan fingerprint density at radius 1 is 1.12 bits per heavy atom. The average Bonchev–Trinajstić information content (AvgIpc) is 2.53. The smallest absolute Gasteiger partial charge is 0.213 e. The molecule has 0 aromatic heterocycles. The van der Waals surface area contributed by atoms with Gasteiger partial charge in [0.05, 0.1) is 11.8 Å². The first-order valence-electron chi connectivity index (χ1n) is 8.63. The van der Waals surface area contributed by atoms with Crippen LogP contribution in [-0.4, -0.2) is 32.1 Å².